The van der Waals surface area contributed by atoms with Crippen molar-refractivity contribution >= 4 is 17.8 Å². The second-order valence-corrected chi connectivity index (χ2v) is 13.5. The Hall–Kier alpha value is -5.45. The molecule has 4 aromatic rings. The number of benzene rings is 3. The van der Waals surface area contributed by atoms with E-state index in [9.17, 15) is 36.7 Å². The summed E-state index contributed by atoms with van der Waals surface area (Å²) < 4.78 is 54.8. The molecule has 57 heavy (non-hydrogen) atoms. The number of likely N-dealkylation sites (N-methyl/N-ethyl adjacent to an activating group) is 1. The predicted molar refractivity (Wildman–Crippen MR) is 202 cm³/mol. The second kappa shape index (κ2) is 20.1. The molecule has 0 saturated carbocycles. The molecule has 1 heterocycles. The average molecular weight is 799 g/mol. The van der Waals surface area contributed by atoms with Crippen molar-refractivity contribution in [2.24, 2.45) is 0 Å². The molecule has 306 valence electrons. The van der Waals surface area contributed by atoms with E-state index in [2.05, 4.69) is 23.7 Å². The van der Waals surface area contributed by atoms with Crippen LogP contribution in [-0.2, 0) is 59.3 Å². The van der Waals surface area contributed by atoms with E-state index in [-0.39, 0.29) is 23.8 Å². The Bertz CT molecular complexity index is 2030. The summed E-state index contributed by atoms with van der Waals surface area (Å²) in [6.45, 7) is 7.43. The molecule has 0 spiro atoms. The number of carbonyl (C=O) groups is 3. The quantitative estimate of drug-likeness (QED) is 0.118. The van der Waals surface area contributed by atoms with Crippen LogP contribution in [0.4, 0.5) is 17.6 Å². The number of rotatable bonds is 16. The topological polar surface area (TPSA) is 174 Å². The number of amides is 1. The van der Waals surface area contributed by atoms with Crippen LogP contribution >= 0.6 is 0 Å². The normalized spacial score (nSPS) is 13.4. The monoisotopic (exact) mass is 798 g/mol. The number of aliphatic carboxylic acids is 2. The number of nitrogens with zero attached hydrogens (tertiary/aromatic N) is 4. The lowest BCUT2D eigenvalue weighted by Crippen LogP contribution is -2.40. The minimum Gasteiger partial charge on any atom is -0.479 e. The highest BCUT2D eigenvalue weighted by atomic mass is 19.4. The van der Waals surface area contributed by atoms with Crippen LogP contribution in [0, 0.1) is 5.82 Å². The van der Waals surface area contributed by atoms with Gasteiger partial charge in [-0.05, 0) is 85.3 Å². The summed E-state index contributed by atoms with van der Waals surface area (Å²) in [7, 11) is 0. The van der Waals surface area contributed by atoms with E-state index in [1.807, 2.05) is 39.8 Å². The molecular weight excluding hydrogens is 752 g/mol. The summed E-state index contributed by atoms with van der Waals surface area (Å²) in [6.07, 6.45) is -5.90. The van der Waals surface area contributed by atoms with Crippen LogP contribution in [0.25, 0.3) is 11.1 Å². The van der Waals surface area contributed by atoms with Crippen molar-refractivity contribution in [1.82, 2.24) is 19.4 Å². The third-order valence-electron chi connectivity index (χ3n) is 9.75. The highest BCUT2D eigenvalue weighted by molar-refractivity contribution is 5.83. The Morgan fingerprint density at radius 1 is 0.825 bits per heavy atom. The molecule has 4 N–H and O–H groups in total. The number of hydrogen-bond donors (Lipinski definition) is 4. The van der Waals surface area contributed by atoms with Gasteiger partial charge in [0, 0.05) is 37.3 Å². The van der Waals surface area contributed by atoms with Gasteiger partial charge >= 0.3 is 18.1 Å². The van der Waals surface area contributed by atoms with Crippen LogP contribution in [0.2, 0.25) is 0 Å². The highest BCUT2D eigenvalue weighted by Crippen LogP contribution is 2.31. The molecule has 2 unspecified atom stereocenters. The Morgan fingerprint density at radius 2 is 1.42 bits per heavy atom. The molecule has 2 atom stereocenters. The van der Waals surface area contributed by atoms with Crippen molar-refractivity contribution in [3.8, 4) is 11.1 Å². The van der Waals surface area contributed by atoms with Gasteiger partial charge in [0.1, 0.15) is 18.2 Å². The van der Waals surface area contributed by atoms with Crippen molar-refractivity contribution in [2.45, 2.75) is 77.4 Å². The smallest absolute Gasteiger partial charge is 0.416 e. The summed E-state index contributed by atoms with van der Waals surface area (Å²) in [5.74, 6) is -3.44. The number of aryl methyl sites for hydroxylation is 2. The molecule has 1 aromatic heterocycles. The van der Waals surface area contributed by atoms with Crippen LogP contribution in [0.3, 0.4) is 0 Å². The van der Waals surface area contributed by atoms with Crippen molar-refractivity contribution in [2.75, 3.05) is 26.2 Å². The van der Waals surface area contributed by atoms with Crippen molar-refractivity contribution in [3.05, 3.63) is 123 Å². The van der Waals surface area contributed by atoms with Gasteiger partial charge in [0.25, 0.3) is 5.56 Å². The molecule has 1 aliphatic carbocycles. The number of carboxylic acid groups (broad SMARTS) is 2. The summed E-state index contributed by atoms with van der Waals surface area (Å²) >= 11 is 0. The lowest BCUT2D eigenvalue weighted by molar-refractivity contribution is -0.165. The van der Waals surface area contributed by atoms with Gasteiger partial charge in [-0.15, -0.1) is 0 Å². The molecule has 0 radical (unpaired) electrons. The van der Waals surface area contributed by atoms with Gasteiger partial charge in [0.05, 0.1) is 5.56 Å². The van der Waals surface area contributed by atoms with Gasteiger partial charge in [-0.2, -0.15) is 18.2 Å². The maximum atomic E-state index is 14.1. The molecule has 12 nitrogen and oxygen atoms in total. The number of halogens is 4. The summed E-state index contributed by atoms with van der Waals surface area (Å²) in [5.41, 5.74) is 3.72. The highest BCUT2D eigenvalue weighted by Gasteiger charge is 2.31. The van der Waals surface area contributed by atoms with Gasteiger partial charge < -0.3 is 34.8 Å². The average Bonchev–Trinajstić information content (AvgIpc) is 3.69. The van der Waals surface area contributed by atoms with E-state index >= 15 is 0 Å². The van der Waals surface area contributed by atoms with Gasteiger partial charge in [0.15, 0.2) is 12.2 Å². The first-order valence-corrected chi connectivity index (χ1v) is 18.5. The first kappa shape index (κ1) is 44.3. The largest absolute Gasteiger partial charge is 0.479 e. The number of hydrogen-bond acceptors (Lipinski definition) is 8. The van der Waals surface area contributed by atoms with Gasteiger partial charge in [0.2, 0.25) is 5.91 Å². The molecule has 0 bridgehead atoms. The van der Waals surface area contributed by atoms with Crippen LogP contribution in [0.15, 0.2) is 77.6 Å². The SMILES string of the molecule is CCN(CC)CCN(Cc1ccc(-c2ccc(C(F)(F)F)cc2)cc1)C(=O)Cn1c(CCc2cccc(F)c2)nc(=O)c2c1CCC2.O=C(O)C(O)C(O)C(=O)O. The number of aliphatic hydroxyl groups excluding tert-OH is 2. The first-order valence-electron chi connectivity index (χ1n) is 18.5. The number of aromatic nitrogens is 2. The number of fused-ring (bicyclic) bond motifs is 1. The van der Waals surface area contributed by atoms with Crippen LogP contribution in [0.1, 0.15) is 54.0 Å². The molecule has 1 amide bonds. The zero-order chi connectivity index (χ0) is 41.9. The molecular formula is C41H46F4N4O8. The lowest BCUT2D eigenvalue weighted by atomic mass is 10.0. The molecule has 1 aliphatic rings. The summed E-state index contributed by atoms with van der Waals surface area (Å²) in [5, 5.41) is 32.5. The fourth-order valence-corrected chi connectivity index (χ4v) is 6.46. The Balaban J connectivity index is 0.000000635. The van der Waals surface area contributed by atoms with Crippen LogP contribution in [-0.4, -0.2) is 96.0 Å². The second-order valence-electron chi connectivity index (χ2n) is 13.5. The third-order valence-corrected chi connectivity index (χ3v) is 9.75. The zero-order valence-corrected chi connectivity index (χ0v) is 31.6. The van der Waals surface area contributed by atoms with E-state index in [1.165, 1.54) is 24.3 Å². The zero-order valence-electron chi connectivity index (χ0n) is 31.6. The minimum atomic E-state index is -4.39. The maximum absolute atomic E-state index is 14.1. The Labute approximate surface area is 326 Å². The fraction of sp³-hybridized carbons (Fsp3) is 0.390. The number of carbonyl (C=O) groups excluding carboxylic acids is 1. The minimum absolute atomic E-state index is 0.0377. The molecule has 16 heteroatoms. The van der Waals surface area contributed by atoms with E-state index in [4.69, 9.17) is 20.4 Å². The maximum Gasteiger partial charge on any atom is 0.416 e. The lowest BCUT2D eigenvalue weighted by Gasteiger charge is -2.28. The predicted octanol–water partition coefficient (Wildman–Crippen LogP) is 4.59. The van der Waals surface area contributed by atoms with Crippen LogP contribution < -0.4 is 5.56 Å². The summed E-state index contributed by atoms with van der Waals surface area (Å²) in [4.78, 5) is 55.0. The standard InChI is InChI=1S/C37H40F4N4O2.C4H6O6/c1-3-43(4-2)21-22-44(24-27-11-14-28(15-12-27)29-16-18-30(19-17-29)37(39,40)41)35(46)25-45-33-10-6-9-32(33)36(47)42-34(45)20-13-26-7-5-8-31(38)23-26;5-1(3(7)8)2(6)4(9)10/h5,7-8,11-12,14-19,23H,3-4,6,9-10,13,20-22,24-25H2,1-2H3;1-2,5-6H,(H,7,8)(H,9,10). The van der Waals surface area contributed by atoms with Crippen molar-refractivity contribution in [1.29, 1.82) is 0 Å². The number of carboxylic acids is 2. The molecule has 3 aromatic carbocycles. The number of alkyl halides is 3. The van der Waals surface area contributed by atoms with E-state index in [1.54, 1.807) is 6.07 Å². The summed E-state index contributed by atoms with van der Waals surface area (Å²) in [6, 6.07) is 18.9. The first-order chi connectivity index (χ1) is 27.0. The fourth-order valence-electron chi connectivity index (χ4n) is 6.46. The Kier molecular flexibility index (Phi) is 15.6. The van der Waals surface area contributed by atoms with E-state index in [0.717, 1.165) is 54.0 Å². The molecule has 0 saturated heterocycles. The Morgan fingerprint density at radius 3 is 1.96 bits per heavy atom. The van der Waals surface area contributed by atoms with Gasteiger partial charge in [-0.1, -0.05) is 62.4 Å². The van der Waals surface area contributed by atoms with E-state index in [0.29, 0.717) is 62.3 Å². The van der Waals surface area contributed by atoms with Gasteiger partial charge in [-0.25, -0.2) is 14.0 Å². The molecule has 0 fully saturated rings. The molecule has 0 aliphatic heterocycles. The van der Waals surface area contributed by atoms with Crippen LogP contribution in [0.5, 0.6) is 0 Å². The van der Waals surface area contributed by atoms with Gasteiger partial charge in [-0.3, -0.25) is 9.59 Å². The van der Waals surface area contributed by atoms with Crippen molar-refractivity contribution in [3.63, 3.8) is 0 Å². The molecule has 5 rings (SSSR count). The third kappa shape index (κ3) is 12.3. The number of aliphatic hydroxyl groups is 2. The van der Waals surface area contributed by atoms with E-state index < -0.39 is 35.9 Å². The van der Waals surface area contributed by atoms with Crippen molar-refractivity contribution < 1.29 is 52.4 Å².